The smallest absolute Gasteiger partial charge is 0.343 e. The van der Waals surface area contributed by atoms with Crippen LogP contribution in [-0.4, -0.2) is 32.0 Å². The number of halogens is 1. The van der Waals surface area contributed by atoms with E-state index in [2.05, 4.69) is 5.32 Å². The molecule has 0 saturated carbocycles. The summed E-state index contributed by atoms with van der Waals surface area (Å²) < 4.78 is 15.9. The molecule has 0 atom stereocenters. The molecular formula is C26H21ClN2O6. The molecule has 0 saturated heterocycles. The number of amides is 2. The third-order valence-corrected chi connectivity index (χ3v) is 5.63. The van der Waals surface area contributed by atoms with Crippen molar-refractivity contribution in [3.8, 4) is 17.2 Å². The van der Waals surface area contributed by atoms with Crippen molar-refractivity contribution in [1.29, 1.82) is 0 Å². The van der Waals surface area contributed by atoms with E-state index < -0.39 is 17.8 Å². The maximum Gasteiger partial charge on any atom is 0.343 e. The van der Waals surface area contributed by atoms with Crippen LogP contribution in [0.5, 0.6) is 17.2 Å². The predicted molar refractivity (Wildman–Crippen MR) is 131 cm³/mol. The van der Waals surface area contributed by atoms with Gasteiger partial charge in [0.25, 0.3) is 11.8 Å². The third-order valence-electron chi connectivity index (χ3n) is 5.28. The van der Waals surface area contributed by atoms with E-state index in [9.17, 15) is 14.4 Å². The third kappa shape index (κ3) is 4.83. The molecule has 0 radical (unpaired) electrons. The van der Waals surface area contributed by atoms with E-state index in [1.165, 1.54) is 32.4 Å². The number of hydrogen-bond acceptors (Lipinski definition) is 7. The number of rotatable bonds is 7. The lowest BCUT2D eigenvalue weighted by molar-refractivity contribution is -0.120. The molecule has 0 bridgehead atoms. The first-order valence-corrected chi connectivity index (χ1v) is 10.9. The molecule has 0 aliphatic carbocycles. The quantitative estimate of drug-likeness (QED) is 0.291. The van der Waals surface area contributed by atoms with Gasteiger partial charge in [-0.15, -0.1) is 0 Å². The van der Waals surface area contributed by atoms with E-state index in [1.54, 1.807) is 36.4 Å². The van der Waals surface area contributed by atoms with Gasteiger partial charge in [-0.1, -0.05) is 29.3 Å². The summed E-state index contributed by atoms with van der Waals surface area (Å²) in [6, 6.07) is 18.1. The number of hydrogen-bond donors (Lipinski definition) is 1. The zero-order chi connectivity index (χ0) is 25.1. The summed E-state index contributed by atoms with van der Waals surface area (Å²) >= 11 is 6.23. The fourth-order valence-electron chi connectivity index (χ4n) is 3.41. The van der Waals surface area contributed by atoms with E-state index in [0.29, 0.717) is 28.5 Å². The van der Waals surface area contributed by atoms with E-state index >= 15 is 0 Å². The fourth-order valence-corrected chi connectivity index (χ4v) is 3.62. The second-order valence-electron chi connectivity index (χ2n) is 7.58. The van der Waals surface area contributed by atoms with E-state index in [0.717, 1.165) is 10.5 Å². The Morgan fingerprint density at radius 3 is 2.14 bits per heavy atom. The minimum atomic E-state index is -0.705. The highest BCUT2D eigenvalue weighted by Crippen LogP contribution is 2.38. The largest absolute Gasteiger partial charge is 0.497 e. The van der Waals surface area contributed by atoms with Gasteiger partial charge in [0.05, 0.1) is 25.5 Å². The number of carbonyl (C=O) groups excluding carboxylic acids is 3. The molecule has 4 rings (SSSR count). The van der Waals surface area contributed by atoms with Gasteiger partial charge in [-0.25, -0.2) is 9.69 Å². The minimum Gasteiger partial charge on any atom is -0.497 e. The zero-order valence-corrected chi connectivity index (χ0v) is 19.9. The van der Waals surface area contributed by atoms with Gasteiger partial charge in [0.15, 0.2) is 0 Å². The molecule has 1 aliphatic rings. The first kappa shape index (κ1) is 23.8. The molecule has 3 aromatic carbocycles. The number of methoxy groups -OCH3 is 2. The van der Waals surface area contributed by atoms with Crippen molar-refractivity contribution in [2.45, 2.75) is 6.92 Å². The van der Waals surface area contributed by atoms with Crippen LogP contribution in [0.1, 0.15) is 15.9 Å². The molecule has 1 N–H and O–H groups in total. The van der Waals surface area contributed by atoms with Crippen molar-refractivity contribution in [3.63, 3.8) is 0 Å². The van der Waals surface area contributed by atoms with Gasteiger partial charge in [-0.2, -0.15) is 0 Å². The molecular weight excluding hydrogens is 472 g/mol. The molecule has 9 heteroatoms. The lowest BCUT2D eigenvalue weighted by Gasteiger charge is -2.19. The SMILES string of the molecule is COc1ccc(OC)c(N2C(=O)C(Cl)=C(Nc3ccc(C(=O)Oc4ccc(C)cc4)cc3)C2=O)c1. The summed E-state index contributed by atoms with van der Waals surface area (Å²) in [5.41, 5.74) is 1.91. The normalized spacial score (nSPS) is 13.2. The summed E-state index contributed by atoms with van der Waals surface area (Å²) in [5.74, 6) is -0.718. The van der Waals surface area contributed by atoms with Gasteiger partial charge in [-0.05, 0) is 55.5 Å². The molecule has 1 heterocycles. The fraction of sp³-hybridized carbons (Fsp3) is 0.115. The number of imide groups is 1. The molecule has 8 nitrogen and oxygen atoms in total. The van der Waals surface area contributed by atoms with Crippen molar-refractivity contribution in [2.24, 2.45) is 0 Å². The predicted octanol–water partition coefficient (Wildman–Crippen LogP) is 4.67. The van der Waals surface area contributed by atoms with E-state index in [4.69, 9.17) is 25.8 Å². The Morgan fingerprint density at radius 2 is 1.51 bits per heavy atom. The van der Waals surface area contributed by atoms with Crippen molar-refractivity contribution >= 4 is 40.8 Å². The van der Waals surface area contributed by atoms with Gasteiger partial charge >= 0.3 is 5.97 Å². The van der Waals surface area contributed by atoms with Crippen LogP contribution in [0.3, 0.4) is 0 Å². The number of nitrogens with zero attached hydrogens (tertiary/aromatic N) is 1. The van der Waals surface area contributed by atoms with Crippen LogP contribution in [0.4, 0.5) is 11.4 Å². The number of nitrogens with one attached hydrogen (secondary N) is 1. The lowest BCUT2D eigenvalue weighted by Crippen LogP contribution is -2.32. The number of aryl methyl sites for hydroxylation is 1. The number of ether oxygens (including phenoxy) is 3. The van der Waals surface area contributed by atoms with E-state index in [1.807, 2.05) is 19.1 Å². The van der Waals surface area contributed by atoms with Crippen molar-refractivity contribution < 1.29 is 28.6 Å². The van der Waals surface area contributed by atoms with Crippen LogP contribution < -0.4 is 24.4 Å². The highest BCUT2D eigenvalue weighted by molar-refractivity contribution is 6.53. The molecule has 2 amide bonds. The Morgan fingerprint density at radius 1 is 0.857 bits per heavy atom. The Hall–Kier alpha value is -4.30. The van der Waals surface area contributed by atoms with Crippen molar-refractivity contribution in [2.75, 3.05) is 24.4 Å². The minimum absolute atomic E-state index is 0.100. The van der Waals surface area contributed by atoms with Gasteiger partial charge in [-0.3, -0.25) is 9.59 Å². The van der Waals surface area contributed by atoms with Crippen molar-refractivity contribution in [1.82, 2.24) is 0 Å². The molecule has 0 aromatic heterocycles. The van der Waals surface area contributed by atoms with Gasteiger partial charge in [0.2, 0.25) is 0 Å². The monoisotopic (exact) mass is 492 g/mol. The summed E-state index contributed by atoms with van der Waals surface area (Å²) in [7, 11) is 2.90. The molecule has 178 valence electrons. The first-order chi connectivity index (χ1) is 16.8. The summed E-state index contributed by atoms with van der Waals surface area (Å²) in [5, 5.41) is 2.59. The van der Waals surface area contributed by atoms with Gasteiger partial charge in [0, 0.05) is 11.8 Å². The average Bonchev–Trinajstić information content (AvgIpc) is 3.08. The number of benzene rings is 3. The van der Waals surface area contributed by atoms with E-state index in [-0.39, 0.29) is 16.4 Å². The highest BCUT2D eigenvalue weighted by Gasteiger charge is 2.40. The second kappa shape index (κ2) is 9.90. The maximum atomic E-state index is 13.1. The average molecular weight is 493 g/mol. The number of anilines is 2. The van der Waals surface area contributed by atoms with Gasteiger partial charge < -0.3 is 19.5 Å². The summed E-state index contributed by atoms with van der Waals surface area (Å²) in [6.07, 6.45) is 0. The molecule has 0 unspecified atom stereocenters. The summed E-state index contributed by atoms with van der Waals surface area (Å²) in [4.78, 5) is 39.3. The Balaban J connectivity index is 1.51. The summed E-state index contributed by atoms with van der Waals surface area (Å²) in [6.45, 7) is 1.94. The number of carbonyl (C=O) groups is 3. The molecule has 0 spiro atoms. The molecule has 1 aliphatic heterocycles. The Bertz CT molecular complexity index is 1330. The topological polar surface area (TPSA) is 94.2 Å². The van der Waals surface area contributed by atoms with Crippen LogP contribution in [0.15, 0.2) is 77.5 Å². The van der Waals surface area contributed by atoms with Crippen LogP contribution in [0.25, 0.3) is 0 Å². The van der Waals surface area contributed by atoms with Crippen LogP contribution in [0.2, 0.25) is 0 Å². The number of esters is 1. The first-order valence-electron chi connectivity index (χ1n) is 10.5. The Kier molecular flexibility index (Phi) is 6.75. The van der Waals surface area contributed by atoms with Crippen LogP contribution >= 0.6 is 11.6 Å². The molecule has 35 heavy (non-hydrogen) atoms. The molecule has 0 fully saturated rings. The van der Waals surface area contributed by atoms with Crippen molar-refractivity contribution in [3.05, 3.63) is 88.6 Å². The maximum absolute atomic E-state index is 13.1. The standard InChI is InChI=1S/C26H21ClN2O6/c1-15-4-10-18(11-5-15)35-26(32)16-6-8-17(9-7-16)28-23-22(27)24(30)29(25(23)31)20-14-19(33-2)12-13-21(20)34-3/h4-14,28H,1-3H3. The Labute approximate surface area is 206 Å². The molecule has 3 aromatic rings. The second-order valence-corrected chi connectivity index (χ2v) is 7.96. The van der Waals surface area contributed by atoms with Crippen LogP contribution in [0, 0.1) is 6.92 Å². The van der Waals surface area contributed by atoms with Crippen LogP contribution in [-0.2, 0) is 9.59 Å². The van der Waals surface area contributed by atoms with Gasteiger partial charge in [0.1, 0.15) is 28.0 Å². The highest BCUT2D eigenvalue weighted by atomic mass is 35.5. The lowest BCUT2D eigenvalue weighted by atomic mass is 10.2. The zero-order valence-electron chi connectivity index (χ0n) is 19.1.